The van der Waals surface area contributed by atoms with Crippen molar-refractivity contribution in [2.75, 3.05) is 6.61 Å². The lowest BCUT2D eigenvalue weighted by Crippen LogP contribution is -2.13. The van der Waals surface area contributed by atoms with Gasteiger partial charge in [0, 0.05) is 0 Å². The maximum Gasteiger partial charge on any atom is 0.148 e. The molecule has 0 aliphatic carbocycles. The third-order valence-electron chi connectivity index (χ3n) is 4.76. The van der Waals surface area contributed by atoms with E-state index in [9.17, 15) is 0 Å². The fraction of sp³-hybridized carbons (Fsp3) is 0.208. The molecule has 0 aliphatic heterocycles. The molecule has 0 saturated carbocycles. The maximum absolute atomic E-state index is 6.00. The molecule has 4 nitrogen and oxygen atoms in total. The van der Waals surface area contributed by atoms with E-state index < -0.39 is 0 Å². The second kappa shape index (κ2) is 8.17. The Bertz CT molecular complexity index is 1080. The summed E-state index contributed by atoms with van der Waals surface area (Å²) in [5.74, 6) is 2.68. The summed E-state index contributed by atoms with van der Waals surface area (Å²) in [6.07, 6.45) is 0. The van der Waals surface area contributed by atoms with Crippen LogP contribution in [0.4, 0.5) is 0 Å². The summed E-state index contributed by atoms with van der Waals surface area (Å²) in [7, 11) is 0. The van der Waals surface area contributed by atoms with Gasteiger partial charge in [0.2, 0.25) is 0 Å². The Morgan fingerprint density at radius 3 is 2.54 bits per heavy atom. The quantitative estimate of drug-likeness (QED) is 0.441. The highest BCUT2D eigenvalue weighted by atomic mass is 16.5. The van der Waals surface area contributed by atoms with Gasteiger partial charge in [0.15, 0.2) is 0 Å². The van der Waals surface area contributed by atoms with E-state index in [1.165, 1.54) is 5.56 Å². The van der Waals surface area contributed by atoms with E-state index in [-0.39, 0.29) is 0 Å². The average Bonchev–Trinajstić information content (AvgIpc) is 3.06. The Labute approximate surface area is 165 Å². The van der Waals surface area contributed by atoms with E-state index >= 15 is 0 Å². The van der Waals surface area contributed by atoms with Gasteiger partial charge in [-0.15, -0.1) is 0 Å². The number of hydrogen-bond donors (Lipinski definition) is 0. The topological polar surface area (TPSA) is 36.3 Å². The van der Waals surface area contributed by atoms with E-state index in [2.05, 4.69) is 36.6 Å². The number of hydrogen-bond acceptors (Lipinski definition) is 3. The summed E-state index contributed by atoms with van der Waals surface area (Å²) in [6, 6.07) is 24.3. The molecule has 4 aromatic rings. The van der Waals surface area contributed by atoms with Crippen molar-refractivity contribution in [1.29, 1.82) is 0 Å². The summed E-state index contributed by atoms with van der Waals surface area (Å²) in [6.45, 7) is 5.82. The largest absolute Gasteiger partial charge is 0.491 e. The Morgan fingerprint density at radius 1 is 0.857 bits per heavy atom. The molecule has 0 fully saturated rings. The molecular weight excluding hydrogens is 348 g/mol. The Morgan fingerprint density at radius 2 is 1.68 bits per heavy atom. The molecule has 0 radical (unpaired) electrons. The number of aryl methyl sites for hydroxylation is 2. The van der Waals surface area contributed by atoms with Crippen molar-refractivity contribution in [1.82, 2.24) is 9.55 Å². The van der Waals surface area contributed by atoms with Gasteiger partial charge in [-0.25, -0.2) is 4.98 Å². The van der Waals surface area contributed by atoms with Crippen LogP contribution in [0.25, 0.3) is 11.0 Å². The highest BCUT2D eigenvalue weighted by Gasteiger charge is 2.11. The molecule has 142 valence electrons. The van der Waals surface area contributed by atoms with Crippen LogP contribution in [0.1, 0.15) is 17.0 Å². The molecule has 0 atom stereocenters. The van der Waals surface area contributed by atoms with Crippen LogP contribution in [0.5, 0.6) is 11.5 Å². The van der Waals surface area contributed by atoms with E-state index in [4.69, 9.17) is 14.5 Å². The maximum atomic E-state index is 6.00. The summed E-state index contributed by atoms with van der Waals surface area (Å²) < 4.78 is 14.2. The number of nitrogens with zero attached hydrogens (tertiary/aromatic N) is 2. The minimum atomic E-state index is 0.419. The van der Waals surface area contributed by atoms with Crippen LogP contribution in [0, 0.1) is 13.8 Å². The molecule has 4 heteroatoms. The van der Waals surface area contributed by atoms with E-state index in [1.807, 2.05) is 54.6 Å². The lowest BCUT2D eigenvalue weighted by molar-refractivity contribution is 0.271. The van der Waals surface area contributed by atoms with Gasteiger partial charge in [-0.1, -0.05) is 42.5 Å². The number of ether oxygens (including phenoxy) is 2. The molecule has 0 bridgehead atoms. The highest BCUT2D eigenvalue weighted by Crippen LogP contribution is 2.20. The SMILES string of the molecule is Cc1cccc(OCc2nc3ccccc3n2CCOc2ccccc2C)c1. The molecule has 0 N–H and O–H groups in total. The van der Waals surface area contributed by atoms with Crippen LogP contribution >= 0.6 is 0 Å². The average molecular weight is 372 g/mol. The third kappa shape index (κ3) is 4.01. The van der Waals surface area contributed by atoms with Crippen LogP contribution < -0.4 is 9.47 Å². The molecule has 28 heavy (non-hydrogen) atoms. The predicted molar refractivity (Wildman–Crippen MR) is 112 cm³/mol. The van der Waals surface area contributed by atoms with Crippen molar-refractivity contribution in [3.8, 4) is 11.5 Å². The van der Waals surface area contributed by atoms with E-state index in [0.29, 0.717) is 19.8 Å². The van der Waals surface area contributed by atoms with Crippen molar-refractivity contribution in [3.63, 3.8) is 0 Å². The van der Waals surface area contributed by atoms with Gasteiger partial charge in [0.25, 0.3) is 0 Å². The second-order valence-corrected chi connectivity index (χ2v) is 6.89. The van der Waals surface area contributed by atoms with Crippen molar-refractivity contribution in [2.24, 2.45) is 0 Å². The van der Waals surface area contributed by atoms with Crippen LogP contribution in [-0.2, 0) is 13.2 Å². The van der Waals surface area contributed by atoms with Crippen molar-refractivity contribution in [2.45, 2.75) is 27.0 Å². The monoisotopic (exact) mass is 372 g/mol. The van der Waals surface area contributed by atoms with Gasteiger partial charge in [0.05, 0.1) is 17.6 Å². The lowest BCUT2D eigenvalue weighted by Gasteiger charge is -2.13. The zero-order valence-electron chi connectivity index (χ0n) is 16.3. The zero-order valence-corrected chi connectivity index (χ0v) is 16.3. The van der Waals surface area contributed by atoms with Crippen molar-refractivity contribution in [3.05, 3.63) is 89.7 Å². The van der Waals surface area contributed by atoms with Gasteiger partial charge in [0.1, 0.15) is 30.5 Å². The molecule has 1 aromatic heterocycles. The Hall–Kier alpha value is -3.27. The fourth-order valence-corrected chi connectivity index (χ4v) is 3.30. The van der Waals surface area contributed by atoms with Gasteiger partial charge in [-0.3, -0.25) is 0 Å². The van der Waals surface area contributed by atoms with Crippen LogP contribution in [0.15, 0.2) is 72.8 Å². The van der Waals surface area contributed by atoms with Crippen molar-refractivity contribution < 1.29 is 9.47 Å². The molecule has 0 aliphatic rings. The lowest BCUT2D eigenvalue weighted by atomic mass is 10.2. The molecule has 0 saturated heterocycles. The minimum absolute atomic E-state index is 0.419. The van der Waals surface area contributed by atoms with Crippen LogP contribution in [0.3, 0.4) is 0 Å². The zero-order chi connectivity index (χ0) is 19.3. The van der Waals surface area contributed by atoms with Crippen LogP contribution in [0.2, 0.25) is 0 Å². The number of fused-ring (bicyclic) bond motifs is 1. The summed E-state index contributed by atoms with van der Waals surface area (Å²) in [4.78, 5) is 4.78. The predicted octanol–water partition coefficient (Wildman–Crippen LogP) is 5.31. The van der Waals surface area contributed by atoms with Gasteiger partial charge in [-0.05, 0) is 55.3 Å². The first kappa shape index (κ1) is 18.1. The Kier molecular flexibility index (Phi) is 5.29. The first-order chi connectivity index (χ1) is 13.7. The molecule has 0 unspecified atom stereocenters. The van der Waals surface area contributed by atoms with Crippen molar-refractivity contribution >= 4 is 11.0 Å². The van der Waals surface area contributed by atoms with Crippen LogP contribution in [-0.4, -0.2) is 16.2 Å². The molecular formula is C24H24N2O2. The second-order valence-electron chi connectivity index (χ2n) is 6.89. The molecule has 4 rings (SSSR count). The first-order valence-electron chi connectivity index (χ1n) is 9.53. The number of para-hydroxylation sites is 3. The number of aromatic nitrogens is 2. The smallest absolute Gasteiger partial charge is 0.148 e. The molecule has 1 heterocycles. The van der Waals surface area contributed by atoms with Gasteiger partial charge >= 0.3 is 0 Å². The Balaban J connectivity index is 1.52. The standard InChI is InChI=1S/C24H24N2O2/c1-18-8-7-10-20(16-18)28-17-24-25-21-11-4-5-12-22(21)26(24)14-15-27-23-13-6-3-9-19(23)2/h3-13,16H,14-15,17H2,1-2H3. The summed E-state index contributed by atoms with van der Waals surface area (Å²) in [5, 5.41) is 0. The number of benzene rings is 3. The summed E-state index contributed by atoms with van der Waals surface area (Å²) >= 11 is 0. The number of rotatable bonds is 7. The van der Waals surface area contributed by atoms with E-state index in [0.717, 1.165) is 33.9 Å². The molecule has 0 amide bonds. The third-order valence-corrected chi connectivity index (χ3v) is 4.76. The molecule has 3 aromatic carbocycles. The highest BCUT2D eigenvalue weighted by molar-refractivity contribution is 5.75. The summed E-state index contributed by atoms with van der Waals surface area (Å²) in [5.41, 5.74) is 4.39. The fourth-order valence-electron chi connectivity index (χ4n) is 3.30. The first-order valence-corrected chi connectivity index (χ1v) is 9.53. The molecule has 0 spiro atoms. The van der Waals surface area contributed by atoms with Gasteiger partial charge < -0.3 is 14.0 Å². The normalized spacial score (nSPS) is 10.9. The van der Waals surface area contributed by atoms with E-state index in [1.54, 1.807) is 0 Å². The number of imidazole rings is 1. The van der Waals surface area contributed by atoms with Gasteiger partial charge in [-0.2, -0.15) is 0 Å². The minimum Gasteiger partial charge on any atom is -0.491 e.